The summed E-state index contributed by atoms with van der Waals surface area (Å²) >= 11 is 0. The van der Waals surface area contributed by atoms with Gasteiger partial charge in [-0.15, -0.1) is 0 Å². The second-order valence-corrected chi connectivity index (χ2v) is 53.1. The third kappa shape index (κ3) is 18.4. The quantitative estimate of drug-likeness (QED) is 0.144. The maximum absolute atomic E-state index is 2.52. The molecule has 0 saturated carbocycles. The van der Waals surface area contributed by atoms with Crippen LogP contribution in [0.15, 0.2) is 328 Å². The van der Waals surface area contributed by atoms with Crippen molar-refractivity contribution in [2.75, 3.05) is 0 Å². The highest BCUT2D eigenvalue weighted by Gasteiger charge is 2.40. The molecule has 16 aromatic carbocycles. The molecule has 21 rings (SSSR count). The van der Waals surface area contributed by atoms with Gasteiger partial charge in [0.2, 0.25) is 0 Å². The van der Waals surface area contributed by atoms with Crippen LogP contribution < -0.4 is 0 Å². The van der Waals surface area contributed by atoms with Gasteiger partial charge >= 0.3 is 0 Å². The van der Waals surface area contributed by atoms with Gasteiger partial charge in [-0.25, -0.2) is 0 Å². The highest BCUT2D eigenvalue weighted by molar-refractivity contribution is 6.21. The number of nitrogens with zero attached hydrogens (tertiary/aromatic N) is 4. The van der Waals surface area contributed by atoms with E-state index in [9.17, 15) is 0 Å². The Bertz CT molecular complexity index is 8220. The molecule has 1 aliphatic carbocycles. The largest absolute Gasteiger partial charge is 0.309 e. The fourth-order valence-corrected chi connectivity index (χ4v) is 23.0. The third-order valence-corrected chi connectivity index (χ3v) is 30.9. The van der Waals surface area contributed by atoms with Crippen molar-refractivity contribution < 1.29 is 0 Å². The Labute approximate surface area is 866 Å². The fraction of sp³-hybridized carbons (Fsp3) is 0.319. The molecule has 0 unspecified atom stereocenters. The molecular formula is C141H154N4. The van der Waals surface area contributed by atoms with E-state index in [0.717, 1.165) is 0 Å². The molecule has 0 N–H and O–H groups in total. The van der Waals surface area contributed by atoms with Crippen LogP contribution in [0.3, 0.4) is 0 Å². The summed E-state index contributed by atoms with van der Waals surface area (Å²) in [5, 5.41) is 10.6. The molecule has 0 amide bonds. The second kappa shape index (κ2) is 35.8. The Hall–Kier alpha value is -13.3. The molecule has 1 aliphatic rings. The van der Waals surface area contributed by atoms with Crippen LogP contribution in [0.25, 0.3) is 154 Å². The van der Waals surface area contributed by atoms with Crippen molar-refractivity contribution in [3.63, 3.8) is 0 Å². The minimum Gasteiger partial charge on any atom is -0.309 e. The van der Waals surface area contributed by atoms with E-state index in [0.29, 0.717) is 0 Å². The number of fused-ring (bicyclic) bond motifs is 15. The summed E-state index contributed by atoms with van der Waals surface area (Å²) in [5.74, 6) is 0.116. The van der Waals surface area contributed by atoms with Crippen LogP contribution >= 0.6 is 0 Å². The number of para-hydroxylation sites is 4. The number of hydrogen-bond acceptors (Lipinski definition) is 0. The zero-order valence-corrected chi connectivity index (χ0v) is 93.0. The van der Waals surface area contributed by atoms with Gasteiger partial charge in [0.05, 0.1) is 49.8 Å². The first-order chi connectivity index (χ1) is 67.9. The number of benzene rings is 16. The first-order valence-electron chi connectivity index (χ1n) is 53.2. The molecule has 0 spiro atoms. The first kappa shape index (κ1) is 100. The molecule has 0 atom stereocenters. The minimum absolute atomic E-state index is 0.00858. The third-order valence-electron chi connectivity index (χ3n) is 30.9. The van der Waals surface area contributed by atoms with Gasteiger partial charge in [-0.1, -0.05) is 465 Å². The highest BCUT2D eigenvalue weighted by Crippen LogP contribution is 2.57. The van der Waals surface area contributed by atoms with E-state index in [-0.39, 0.29) is 65.5 Å². The topological polar surface area (TPSA) is 19.7 Å². The minimum atomic E-state index is -0.173. The molecule has 4 heteroatoms. The Balaban J connectivity index is 0.000000141. The molecule has 0 aliphatic heterocycles. The van der Waals surface area contributed by atoms with Crippen molar-refractivity contribution in [3.8, 4) is 67.3 Å². The molecule has 4 aromatic heterocycles. The van der Waals surface area contributed by atoms with E-state index >= 15 is 0 Å². The summed E-state index contributed by atoms with van der Waals surface area (Å²) in [6.45, 7) is 77.4. The summed E-state index contributed by atoms with van der Waals surface area (Å²) in [5.41, 5.74) is 44.7. The van der Waals surface area contributed by atoms with E-state index in [2.05, 4.69) is 574 Å². The standard InChI is InChI=1S/C57H65N.C48H48N2.C36H41N/c1-53(2,3)36-24-26-42-45(33-36)46-34-37(54(4,5)6)25-27-43(46)49(42)44-28-29-48-51(52(44)57(13,14)15)50-41(22-19-23-47(50)58(48)40-20-17-16-18-21-40)35-30-38(55(7,8)9)32-39(31-35)56(10,11)12;1-46(2,3)32-28-31(29-33(30-32)47(4,5)6)35-22-17-25-40-43(35)44-41(49(40)34-18-11-10-12-19-34)26-27-42(45(44)48(7,8)9)50-38-23-15-13-20-36(38)37-21-14-16-24-39(37)50;1-34(2,3)25-21-26(35(4,5)6)23-27(22-25)37-30-19-13-17-28(24-15-11-10-12-16-24)32(30)33-29(36(7,8)9)18-14-20-31(33)37/h16-34,49H,1-15H3;10-30H,1-9H3;10-23H,1-9H3. The number of hydrogen-bond donors (Lipinski definition) is 0. The van der Waals surface area contributed by atoms with Crippen molar-refractivity contribution in [2.24, 2.45) is 0 Å². The lowest BCUT2D eigenvalue weighted by molar-refractivity contribution is 0.567. The average molecular weight is 1900 g/mol. The molecular weight excluding hydrogens is 1750 g/mol. The molecule has 0 saturated heterocycles. The normalized spacial score (nSPS) is 13.4. The molecule has 0 bridgehead atoms. The van der Waals surface area contributed by atoms with Gasteiger partial charge in [0, 0.05) is 66.1 Å². The second-order valence-electron chi connectivity index (χ2n) is 53.1. The average Bonchev–Trinajstić information content (AvgIpc) is 1.55. The highest BCUT2D eigenvalue weighted by atomic mass is 15.0. The van der Waals surface area contributed by atoms with Crippen molar-refractivity contribution in [2.45, 2.75) is 294 Å². The molecule has 20 aromatic rings. The Morgan fingerprint density at radius 2 is 0.462 bits per heavy atom. The van der Waals surface area contributed by atoms with Crippen LogP contribution in [0.5, 0.6) is 0 Å². The lowest BCUT2D eigenvalue weighted by Gasteiger charge is -2.29. The molecule has 0 radical (unpaired) electrons. The van der Waals surface area contributed by atoms with E-state index in [1.54, 1.807) is 0 Å². The van der Waals surface area contributed by atoms with Gasteiger partial charge in [0.1, 0.15) is 0 Å². The molecule has 4 nitrogen and oxygen atoms in total. The maximum Gasteiger partial charge on any atom is 0.0547 e. The maximum atomic E-state index is 2.52. The van der Waals surface area contributed by atoms with Gasteiger partial charge in [-0.2, -0.15) is 0 Å². The van der Waals surface area contributed by atoms with Gasteiger partial charge in [0.15, 0.2) is 0 Å². The SMILES string of the molecule is CC(C)(C)c1cc(-c2cccc3c2c2c(C(C)(C)C)c(-n4c5ccccc5c5ccccc54)ccc2n3-c2ccccc2)cc(C(C)(C)C)c1.CC(C)(C)c1cc(-c2cccc3c2c2c(C(C)(C)C)c(C4c5ccc(C(C)(C)C)cc5-c5cc(C(C)(C)C)ccc54)ccc2n3-c2ccccc2)cc(C(C)(C)C)c1.CC(C)(C)c1cc(-n2c3cccc(-c4ccccc4)c3c3c(C(C)(C)C)cccc32)cc(C(C)(C)C)c1. The smallest absolute Gasteiger partial charge is 0.0547 e. The summed E-state index contributed by atoms with van der Waals surface area (Å²) in [4.78, 5) is 0. The van der Waals surface area contributed by atoms with E-state index in [4.69, 9.17) is 0 Å². The zero-order chi connectivity index (χ0) is 104. The zero-order valence-electron chi connectivity index (χ0n) is 93.0. The van der Waals surface area contributed by atoms with Gasteiger partial charge < -0.3 is 18.3 Å². The van der Waals surface area contributed by atoms with E-state index in [1.165, 1.54) is 232 Å². The Kier molecular flexibility index (Phi) is 24.8. The Morgan fingerprint density at radius 3 is 0.834 bits per heavy atom. The lowest BCUT2D eigenvalue weighted by Crippen LogP contribution is -2.18. The van der Waals surface area contributed by atoms with Crippen molar-refractivity contribution in [3.05, 3.63) is 405 Å². The summed E-state index contributed by atoms with van der Waals surface area (Å²) in [6.07, 6.45) is 0. The summed E-state index contributed by atoms with van der Waals surface area (Å²) in [6, 6.07) is 124. The monoisotopic (exact) mass is 1900 g/mol. The van der Waals surface area contributed by atoms with Gasteiger partial charge in [0.25, 0.3) is 0 Å². The summed E-state index contributed by atoms with van der Waals surface area (Å²) in [7, 11) is 0. The van der Waals surface area contributed by atoms with E-state index < -0.39 is 0 Å². The molecule has 4 heterocycles. The van der Waals surface area contributed by atoms with Crippen molar-refractivity contribution in [1.82, 2.24) is 18.3 Å². The predicted octanol–water partition coefficient (Wildman–Crippen LogP) is 39.9. The van der Waals surface area contributed by atoms with Crippen LogP contribution in [0.2, 0.25) is 0 Å². The predicted molar refractivity (Wildman–Crippen MR) is 632 cm³/mol. The van der Waals surface area contributed by atoms with Crippen LogP contribution in [-0.2, 0) is 59.6 Å². The van der Waals surface area contributed by atoms with Gasteiger partial charge in [-0.3, -0.25) is 0 Å². The van der Waals surface area contributed by atoms with Crippen LogP contribution in [0, 0.1) is 0 Å². The Morgan fingerprint density at radius 1 is 0.166 bits per heavy atom. The first-order valence-corrected chi connectivity index (χ1v) is 53.2. The summed E-state index contributed by atoms with van der Waals surface area (Å²) < 4.78 is 10.0. The number of rotatable bonds is 8. The van der Waals surface area contributed by atoms with Crippen LogP contribution in [-0.4, -0.2) is 18.3 Å². The fourth-order valence-electron chi connectivity index (χ4n) is 23.0. The van der Waals surface area contributed by atoms with Crippen LogP contribution in [0.1, 0.15) is 312 Å². The van der Waals surface area contributed by atoms with Crippen molar-refractivity contribution >= 4 is 87.2 Å². The molecule has 0 fully saturated rings. The molecule has 145 heavy (non-hydrogen) atoms. The number of aromatic nitrogens is 4. The lowest BCUT2D eigenvalue weighted by atomic mass is 9.74. The van der Waals surface area contributed by atoms with E-state index in [1.807, 2.05) is 0 Å². The van der Waals surface area contributed by atoms with Gasteiger partial charge in [-0.05, 0) is 273 Å². The van der Waals surface area contributed by atoms with Crippen LogP contribution in [0.4, 0.5) is 0 Å². The van der Waals surface area contributed by atoms with Crippen molar-refractivity contribution in [1.29, 1.82) is 0 Å². The molecule has 738 valence electrons.